The quantitative estimate of drug-likeness (QED) is 0.593. The fraction of sp³-hybridized carbons (Fsp3) is 0.143. The van der Waals surface area contributed by atoms with Crippen LogP contribution in [0.1, 0.15) is 5.56 Å². The van der Waals surface area contributed by atoms with E-state index in [1.165, 1.54) is 0 Å². The van der Waals surface area contributed by atoms with Gasteiger partial charge < -0.3 is 14.6 Å². The van der Waals surface area contributed by atoms with Crippen LogP contribution in [0.15, 0.2) is 54.7 Å². The Morgan fingerprint density at radius 3 is 2.33 bits per heavy atom. The minimum absolute atomic E-state index is 0.155. The normalized spacial score (nSPS) is 10.9. The summed E-state index contributed by atoms with van der Waals surface area (Å²) in [6.07, 6.45) is 1.72. The summed E-state index contributed by atoms with van der Waals surface area (Å²) in [6.45, 7) is 1.99. The van der Waals surface area contributed by atoms with Crippen molar-refractivity contribution in [2.75, 3.05) is 14.2 Å². The monoisotopic (exact) mass is 361 g/mol. The van der Waals surface area contributed by atoms with E-state index in [2.05, 4.69) is 4.98 Å². The molecule has 27 heavy (non-hydrogen) atoms. The Morgan fingerprint density at radius 1 is 0.926 bits per heavy atom. The standard InChI is InChI=1S/C21H19N3O3/c1-13-20(14-4-6-15(26-2)7-5-14)23-24-18(10-11-22-21(13)24)17-12-16(27-3)8-9-19(17)25/h4-12,25H,1-3H3. The fourth-order valence-electron chi connectivity index (χ4n) is 3.13. The lowest BCUT2D eigenvalue weighted by atomic mass is 10.1. The van der Waals surface area contributed by atoms with E-state index in [0.29, 0.717) is 11.3 Å². The highest BCUT2D eigenvalue weighted by molar-refractivity contribution is 5.75. The van der Waals surface area contributed by atoms with Crippen LogP contribution in [0.25, 0.3) is 28.2 Å². The van der Waals surface area contributed by atoms with Crippen LogP contribution in [0.2, 0.25) is 0 Å². The Bertz CT molecular complexity index is 1120. The van der Waals surface area contributed by atoms with E-state index in [9.17, 15) is 5.11 Å². The van der Waals surface area contributed by atoms with Gasteiger partial charge >= 0.3 is 0 Å². The maximum Gasteiger partial charge on any atom is 0.159 e. The summed E-state index contributed by atoms with van der Waals surface area (Å²) in [5, 5.41) is 15.1. The molecule has 0 aliphatic rings. The Kier molecular flexibility index (Phi) is 4.16. The van der Waals surface area contributed by atoms with Crippen LogP contribution in [0.3, 0.4) is 0 Å². The molecule has 6 heteroatoms. The van der Waals surface area contributed by atoms with Crippen molar-refractivity contribution in [2.45, 2.75) is 6.92 Å². The summed E-state index contributed by atoms with van der Waals surface area (Å²) < 4.78 is 12.3. The number of aryl methyl sites for hydroxylation is 1. The van der Waals surface area contributed by atoms with Crippen LogP contribution < -0.4 is 9.47 Å². The van der Waals surface area contributed by atoms with Crippen molar-refractivity contribution in [3.8, 4) is 39.8 Å². The maximum absolute atomic E-state index is 10.4. The highest BCUT2D eigenvalue weighted by Gasteiger charge is 2.17. The van der Waals surface area contributed by atoms with Crippen molar-refractivity contribution in [3.63, 3.8) is 0 Å². The molecule has 2 aromatic carbocycles. The Balaban J connectivity index is 1.92. The molecule has 0 radical (unpaired) electrons. The Hall–Kier alpha value is -3.54. The highest BCUT2D eigenvalue weighted by atomic mass is 16.5. The second-order valence-corrected chi connectivity index (χ2v) is 6.15. The van der Waals surface area contributed by atoms with Crippen molar-refractivity contribution >= 4 is 5.65 Å². The molecule has 0 aliphatic heterocycles. The van der Waals surface area contributed by atoms with Crippen LogP contribution in [0.5, 0.6) is 17.2 Å². The van der Waals surface area contributed by atoms with Crippen LogP contribution in [0.4, 0.5) is 0 Å². The topological polar surface area (TPSA) is 68.9 Å². The first-order valence-corrected chi connectivity index (χ1v) is 8.48. The molecule has 0 saturated heterocycles. The number of phenols is 1. The number of aromatic hydroxyl groups is 1. The van der Waals surface area contributed by atoms with E-state index >= 15 is 0 Å². The van der Waals surface area contributed by atoms with E-state index < -0.39 is 0 Å². The summed E-state index contributed by atoms with van der Waals surface area (Å²) in [4.78, 5) is 4.48. The van der Waals surface area contributed by atoms with E-state index in [4.69, 9.17) is 14.6 Å². The molecule has 0 atom stereocenters. The molecule has 0 unspecified atom stereocenters. The lowest BCUT2D eigenvalue weighted by Crippen LogP contribution is -1.97. The number of phenolic OH excluding ortho intramolecular Hbond substituents is 1. The van der Waals surface area contributed by atoms with E-state index in [-0.39, 0.29) is 5.75 Å². The molecule has 136 valence electrons. The largest absolute Gasteiger partial charge is 0.507 e. The van der Waals surface area contributed by atoms with Crippen LogP contribution in [-0.2, 0) is 0 Å². The molecular weight excluding hydrogens is 342 g/mol. The third kappa shape index (κ3) is 2.85. The third-order valence-electron chi connectivity index (χ3n) is 4.59. The van der Waals surface area contributed by atoms with Gasteiger partial charge in [0.05, 0.1) is 25.6 Å². The molecule has 0 aliphatic carbocycles. The smallest absolute Gasteiger partial charge is 0.159 e. The van der Waals surface area contributed by atoms with Crippen molar-refractivity contribution in [2.24, 2.45) is 0 Å². The van der Waals surface area contributed by atoms with Gasteiger partial charge in [-0.05, 0) is 55.5 Å². The van der Waals surface area contributed by atoms with E-state index in [0.717, 1.165) is 33.9 Å². The van der Waals surface area contributed by atoms with Crippen LogP contribution in [-0.4, -0.2) is 33.9 Å². The van der Waals surface area contributed by atoms with Crippen molar-refractivity contribution in [3.05, 3.63) is 60.3 Å². The first-order chi connectivity index (χ1) is 13.1. The summed E-state index contributed by atoms with van der Waals surface area (Å²) in [5.41, 5.74) is 4.87. The van der Waals surface area contributed by atoms with Gasteiger partial charge in [0.15, 0.2) is 5.65 Å². The molecule has 1 N–H and O–H groups in total. The number of hydrogen-bond donors (Lipinski definition) is 1. The minimum atomic E-state index is 0.155. The zero-order valence-electron chi connectivity index (χ0n) is 15.3. The lowest BCUT2D eigenvalue weighted by molar-refractivity contribution is 0.412. The molecule has 2 heterocycles. The Morgan fingerprint density at radius 2 is 1.63 bits per heavy atom. The molecule has 0 bridgehead atoms. The minimum Gasteiger partial charge on any atom is -0.507 e. The third-order valence-corrected chi connectivity index (χ3v) is 4.59. The second-order valence-electron chi connectivity index (χ2n) is 6.15. The lowest BCUT2D eigenvalue weighted by Gasteiger charge is -2.09. The predicted molar refractivity (Wildman–Crippen MR) is 103 cm³/mol. The number of aromatic nitrogens is 3. The van der Waals surface area contributed by atoms with Gasteiger partial charge in [-0.3, -0.25) is 0 Å². The summed E-state index contributed by atoms with van der Waals surface area (Å²) in [5.74, 6) is 1.61. The van der Waals surface area contributed by atoms with E-state index in [1.807, 2.05) is 37.3 Å². The van der Waals surface area contributed by atoms with Crippen LogP contribution >= 0.6 is 0 Å². The van der Waals surface area contributed by atoms with Gasteiger partial charge in [-0.25, -0.2) is 9.50 Å². The zero-order valence-corrected chi connectivity index (χ0v) is 15.3. The first kappa shape index (κ1) is 16.9. The molecule has 4 aromatic rings. The number of nitrogens with zero attached hydrogens (tertiary/aromatic N) is 3. The number of rotatable bonds is 4. The van der Waals surface area contributed by atoms with Gasteiger partial charge in [0.25, 0.3) is 0 Å². The van der Waals surface area contributed by atoms with Gasteiger partial charge in [0, 0.05) is 22.9 Å². The van der Waals surface area contributed by atoms with Gasteiger partial charge in [0.1, 0.15) is 17.2 Å². The van der Waals surface area contributed by atoms with Crippen molar-refractivity contribution in [1.29, 1.82) is 0 Å². The highest BCUT2D eigenvalue weighted by Crippen LogP contribution is 2.34. The van der Waals surface area contributed by atoms with Crippen molar-refractivity contribution in [1.82, 2.24) is 14.6 Å². The summed E-state index contributed by atoms with van der Waals surface area (Å²) in [7, 11) is 3.24. The molecule has 2 aromatic heterocycles. The second kappa shape index (κ2) is 6.64. The van der Waals surface area contributed by atoms with Gasteiger partial charge in [-0.2, -0.15) is 5.10 Å². The number of benzene rings is 2. The van der Waals surface area contributed by atoms with E-state index in [1.54, 1.807) is 43.1 Å². The number of ether oxygens (including phenoxy) is 2. The average Bonchev–Trinajstić information content (AvgIpc) is 3.05. The van der Waals surface area contributed by atoms with Crippen LogP contribution in [0, 0.1) is 6.92 Å². The number of fused-ring (bicyclic) bond motifs is 1. The molecule has 0 saturated carbocycles. The predicted octanol–water partition coefficient (Wildman–Crippen LogP) is 4.09. The van der Waals surface area contributed by atoms with Gasteiger partial charge in [-0.15, -0.1) is 0 Å². The molecular formula is C21H19N3O3. The fourth-order valence-corrected chi connectivity index (χ4v) is 3.13. The molecule has 0 fully saturated rings. The zero-order chi connectivity index (χ0) is 19.0. The average molecular weight is 361 g/mol. The van der Waals surface area contributed by atoms with Crippen molar-refractivity contribution < 1.29 is 14.6 Å². The van der Waals surface area contributed by atoms with Gasteiger partial charge in [0.2, 0.25) is 0 Å². The first-order valence-electron chi connectivity index (χ1n) is 8.48. The Labute approximate surface area is 156 Å². The summed E-state index contributed by atoms with van der Waals surface area (Å²) in [6, 6.07) is 14.7. The summed E-state index contributed by atoms with van der Waals surface area (Å²) >= 11 is 0. The number of methoxy groups -OCH3 is 2. The SMILES string of the molecule is COc1ccc(-c2nn3c(-c4cc(OC)ccc4O)ccnc3c2C)cc1. The molecule has 0 spiro atoms. The maximum atomic E-state index is 10.4. The molecule has 6 nitrogen and oxygen atoms in total. The van der Waals surface area contributed by atoms with Gasteiger partial charge in [-0.1, -0.05) is 0 Å². The molecule has 4 rings (SSSR count). The molecule has 0 amide bonds. The number of hydrogen-bond acceptors (Lipinski definition) is 5.